The molecule has 0 aliphatic heterocycles. The largest absolute Gasteiger partial charge is 0.294 e. The van der Waals surface area contributed by atoms with E-state index in [1.807, 2.05) is 12.1 Å². The highest BCUT2D eigenvalue weighted by atomic mass is 32.2. The minimum Gasteiger partial charge on any atom is -0.294 e. The molecule has 0 N–H and O–H groups in total. The maximum Gasteiger partial charge on any atom is 0.166 e. The van der Waals surface area contributed by atoms with Gasteiger partial charge in [-0.25, -0.2) is 0 Å². The number of rotatable bonds is 6. The summed E-state index contributed by atoms with van der Waals surface area (Å²) in [5, 5.41) is 0. The summed E-state index contributed by atoms with van der Waals surface area (Å²) in [7, 11) is -0.147. The molecule has 2 heteroatoms. The number of carbonyl (C=O) groups excluding carboxylic acids is 1. The molecule has 0 saturated heterocycles. The van der Waals surface area contributed by atoms with Crippen LogP contribution in [-0.2, 0) is 22.1 Å². The lowest BCUT2D eigenvalue weighted by Gasteiger charge is -2.08. The minimum atomic E-state index is -0.147. The van der Waals surface area contributed by atoms with Crippen molar-refractivity contribution in [1.82, 2.24) is 0 Å². The molecular formula is C23H21OS+. The third kappa shape index (κ3) is 4.28. The summed E-state index contributed by atoms with van der Waals surface area (Å²) in [5.74, 6) is 0.0952. The Labute approximate surface area is 152 Å². The van der Waals surface area contributed by atoms with Gasteiger partial charge in [0.25, 0.3) is 0 Å². The molecule has 0 amide bonds. The summed E-state index contributed by atoms with van der Waals surface area (Å²) in [4.78, 5) is 15.7. The summed E-state index contributed by atoms with van der Waals surface area (Å²) in [6, 6.07) is 29.5. The Morgan fingerprint density at radius 1 is 0.760 bits per heavy atom. The molecule has 0 atom stereocenters. The van der Waals surface area contributed by atoms with Gasteiger partial charge >= 0.3 is 0 Å². The van der Waals surface area contributed by atoms with Crippen molar-refractivity contribution < 1.29 is 4.79 Å². The Morgan fingerprint density at radius 3 is 1.64 bits per heavy atom. The first kappa shape index (κ1) is 17.2. The van der Waals surface area contributed by atoms with E-state index in [-0.39, 0.29) is 16.7 Å². The fourth-order valence-electron chi connectivity index (χ4n) is 2.60. The molecule has 0 spiro atoms. The minimum absolute atomic E-state index is 0.0952. The van der Waals surface area contributed by atoms with Gasteiger partial charge in [-0.05, 0) is 54.5 Å². The van der Waals surface area contributed by atoms with Crippen LogP contribution in [0.2, 0.25) is 0 Å². The molecule has 0 bridgehead atoms. The van der Waals surface area contributed by atoms with Gasteiger partial charge in [0.1, 0.15) is 0 Å². The van der Waals surface area contributed by atoms with Gasteiger partial charge in [-0.3, -0.25) is 4.79 Å². The second-order valence-corrected chi connectivity index (χ2v) is 7.98. The number of hydrogen-bond donors (Lipinski definition) is 0. The lowest BCUT2D eigenvalue weighted by atomic mass is 10.1. The summed E-state index contributed by atoms with van der Waals surface area (Å²) in [6.45, 7) is 5.49. The predicted molar refractivity (Wildman–Crippen MR) is 105 cm³/mol. The molecule has 0 radical (unpaired) electrons. The molecule has 124 valence electrons. The van der Waals surface area contributed by atoms with E-state index in [0.29, 0.717) is 12.0 Å². The Bertz CT molecular complexity index is 812. The van der Waals surface area contributed by atoms with Crippen molar-refractivity contribution in [3.05, 3.63) is 103 Å². The first-order valence-electron chi connectivity index (χ1n) is 8.27. The highest BCUT2D eigenvalue weighted by Crippen LogP contribution is 2.31. The molecule has 0 unspecified atom stereocenters. The second kappa shape index (κ2) is 8.00. The molecule has 3 aromatic carbocycles. The van der Waals surface area contributed by atoms with Crippen molar-refractivity contribution in [2.24, 2.45) is 0 Å². The molecule has 0 aromatic heterocycles. The zero-order valence-corrected chi connectivity index (χ0v) is 15.1. The number of hydrogen-bond acceptors (Lipinski definition) is 1. The number of carbonyl (C=O) groups is 1. The Kier molecular flexibility index (Phi) is 5.52. The molecule has 0 aliphatic rings. The van der Waals surface area contributed by atoms with Crippen molar-refractivity contribution >= 4 is 16.7 Å². The third-order valence-corrected chi connectivity index (χ3v) is 6.19. The maximum absolute atomic E-state index is 11.9. The van der Waals surface area contributed by atoms with Gasteiger partial charge in [-0.2, -0.15) is 0 Å². The van der Waals surface area contributed by atoms with Crippen LogP contribution < -0.4 is 0 Å². The van der Waals surface area contributed by atoms with Crippen LogP contribution in [-0.4, -0.2) is 5.78 Å². The van der Waals surface area contributed by atoms with Crippen LogP contribution >= 0.6 is 0 Å². The third-order valence-electron chi connectivity index (χ3n) is 3.96. The molecule has 3 aromatic rings. The van der Waals surface area contributed by atoms with Crippen LogP contribution in [0.5, 0.6) is 0 Å². The lowest BCUT2D eigenvalue weighted by molar-refractivity contribution is -0.114. The highest BCUT2D eigenvalue weighted by Gasteiger charge is 2.28. The van der Waals surface area contributed by atoms with E-state index in [4.69, 9.17) is 0 Å². The van der Waals surface area contributed by atoms with Gasteiger partial charge in [0.05, 0.1) is 10.9 Å². The lowest BCUT2D eigenvalue weighted by Crippen LogP contribution is -2.06. The number of Topliss-reactive ketones (excluding diaryl/α,β-unsaturated/α-hetero) is 1. The zero-order valence-electron chi connectivity index (χ0n) is 14.3. The smallest absolute Gasteiger partial charge is 0.166 e. The van der Waals surface area contributed by atoms with Crippen LogP contribution in [0.3, 0.4) is 0 Å². The van der Waals surface area contributed by atoms with E-state index in [2.05, 4.69) is 79.4 Å². The topological polar surface area (TPSA) is 17.1 Å². The molecule has 0 aliphatic carbocycles. The Balaban J connectivity index is 1.94. The molecule has 3 rings (SSSR count). The van der Waals surface area contributed by atoms with Crippen LogP contribution in [0.1, 0.15) is 12.5 Å². The van der Waals surface area contributed by atoms with Crippen LogP contribution in [0.4, 0.5) is 0 Å². The summed E-state index contributed by atoms with van der Waals surface area (Å²) in [6.07, 6.45) is 0.417. The van der Waals surface area contributed by atoms with Gasteiger partial charge in [0.2, 0.25) is 0 Å². The number of allylic oxidation sites excluding steroid dienone is 1. The highest BCUT2D eigenvalue weighted by molar-refractivity contribution is 7.97. The standard InChI is InChI=1S/C23H21OS/c1-18(2)23(24)17-19-13-15-22(16-14-19)25(20-9-5-3-6-10-20)21-11-7-4-8-12-21/h3-16H,1,17H2,2H3/q+1. The monoisotopic (exact) mass is 345 g/mol. The van der Waals surface area contributed by atoms with Gasteiger partial charge < -0.3 is 0 Å². The van der Waals surface area contributed by atoms with E-state index in [9.17, 15) is 4.79 Å². The number of ketones is 1. The van der Waals surface area contributed by atoms with Crippen molar-refractivity contribution in [2.75, 3.05) is 0 Å². The van der Waals surface area contributed by atoms with E-state index >= 15 is 0 Å². The zero-order chi connectivity index (χ0) is 17.6. The van der Waals surface area contributed by atoms with E-state index in [1.54, 1.807) is 6.92 Å². The van der Waals surface area contributed by atoms with E-state index in [1.165, 1.54) is 14.7 Å². The average molecular weight is 345 g/mol. The molecule has 0 heterocycles. The average Bonchev–Trinajstić information content (AvgIpc) is 2.65. The van der Waals surface area contributed by atoms with Gasteiger partial charge in [-0.15, -0.1) is 0 Å². The number of benzene rings is 3. The molecule has 0 saturated carbocycles. The molecular weight excluding hydrogens is 324 g/mol. The van der Waals surface area contributed by atoms with Gasteiger partial charge in [-0.1, -0.05) is 55.1 Å². The SMILES string of the molecule is C=C(C)C(=O)Cc1ccc([S+](c2ccccc2)c2ccccc2)cc1. The first-order chi connectivity index (χ1) is 12.1. The molecule has 1 nitrogen and oxygen atoms in total. The fraction of sp³-hybridized carbons (Fsp3) is 0.0870. The van der Waals surface area contributed by atoms with E-state index in [0.717, 1.165) is 5.56 Å². The van der Waals surface area contributed by atoms with Crippen LogP contribution in [0, 0.1) is 0 Å². The molecule has 0 fully saturated rings. The second-order valence-electron chi connectivity index (χ2n) is 5.96. The van der Waals surface area contributed by atoms with Crippen molar-refractivity contribution in [3.63, 3.8) is 0 Å². The maximum atomic E-state index is 11.9. The van der Waals surface area contributed by atoms with Crippen molar-refractivity contribution in [2.45, 2.75) is 28.0 Å². The Morgan fingerprint density at radius 2 is 1.20 bits per heavy atom. The summed E-state index contributed by atoms with van der Waals surface area (Å²) in [5.41, 5.74) is 1.64. The summed E-state index contributed by atoms with van der Waals surface area (Å²) < 4.78 is 0. The van der Waals surface area contributed by atoms with Crippen LogP contribution in [0.25, 0.3) is 0 Å². The predicted octanol–water partition coefficient (Wildman–Crippen LogP) is 5.47. The normalized spacial score (nSPS) is 10.6. The Hall–Kier alpha value is -2.58. The van der Waals surface area contributed by atoms with Crippen molar-refractivity contribution in [3.8, 4) is 0 Å². The quantitative estimate of drug-likeness (QED) is 0.428. The fourth-order valence-corrected chi connectivity index (χ4v) is 4.68. The summed E-state index contributed by atoms with van der Waals surface area (Å²) >= 11 is 0. The van der Waals surface area contributed by atoms with Crippen molar-refractivity contribution in [1.29, 1.82) is 0 Å². The van der Waals surface area contributed by atoms with Crippen LogP contribution in [0.15, 0.2) is 112 Å². The first-order valence-corrected chi connectivity index (χ1v) is 9.49. The van der Waals surface area contributed by atoms with Gasteiger partial charge in [0, 0.05) is 6.42 Å². The molecule has 25 heavy (non-hydrogen) atoms. The van der Waals surface area contributed by atoms with Gasteiger partial charge in [0.15, 0.2) is 20.5 Å². The van der Waals surface area contributed by atoms with E-state index < -0.39 is 0 Å².